The molecular weight excluding hydrogens is 320 g/mol. The Labute approximate surface area is 136 Å². The van der Waals surface area contributed by atoms with Crippen LogP contribution in [0.1, 0.15) is 23.8 Å². The van der Waals surface area contributed by atoms with Gasteiger partial charge in [0.25, 0.3) is 0 Å². The number of halogens is 1. The van der Waals surface area contributed by atoms with E-state index in [9.17, 15) is 4.79 Å². The lowest BCUT2D eigenvalue weighted by Crippen LogP contribution is -2.30. The van der Waals surface area contributed by atoms with E-state index in [-0.39, 0.29) is 5.76 Å². The highest BCUT2D eigenvalue weighted by Gasteiger charge is 2.27. The van der Waals surface area contributed by atoms with Crippen LogP contribution in [0.4, 0.5) is 0 Å². The molecule has 0 aliphatic carbocycles. The molecule has 0 saturated carbocycles. The van der Waals surface area contributed by atoms with Crippen LogP contribution in [0.3, 0.4) is 0 Å². The van der Waals surface area contributed by atoms with Gasteiger partial charge in [0, 0.05) is 28.6 Å². The zero-order valence-corrected chi connectivity index (χ0v) is 13.4. The van der Waals surface area contributed by atoms with Crippen LogP contribution in [0.25, 0.3) is 11.1 Å². The molecule has 1 aliphatic heterocycles. The van der Waals surface area contributed by atoms with Crippen molar-refractivity contribution in [2.45, 2.75) is 25.6 Å². The topological polar surface area (TPSA) is 38.4 Å². The molecule has 1 fully saturated rings. The number of nitrogens with zero attached hydrogens (tertiary/aromatic N) is 2. The van der Waals surface area contributed by atoms with Crippen LogP contribution in [-0.2, 0) is 6.67 Å². The highest BCUT2D eigenvalue weighted by molar-refractivity contribution is 7.10. The summed E-state index contributed by atoms with van der Waals surface area (Å²) in [5.41, 5.74) is 1.34. The maximum Gasteiger partial charge on any atom is 0.421 e. The predicted octanol–water partition coefficient (Wildman–Crippen LogP) is 4.10. The normalized spacial score (nSPS) is 19.2. The summed E-state index contributed by atoms with van der Waals surface area (Å²) >= 11 is 7.74. The third-order valence-corrected chi connectivity index (χ3v) is 5.40. The average molecular weight is 335 g/mol. The smallest absolute Gasteiger partial charge is 0.408 e. The van der Waals surface area contributed by atoms with Crippen molar-refractivity contribution < 1.29 is 4.42 Å². The molecule has 1 atom stereocenters. The van der Waals surface area contributed by atoms with Crippen molar-refractivity contribution >= 4 is 34.0 Å². The van der Waals surface area contributed by atoms with Crippen LogP contribution in [0.15, 0.2) is 44.9 Å². The lowest BCUT2D eigenvalue weighted by atomic mass is 10.2. The van der Waals surface area contributed by atoms with Gasteiger partial charge in [0.05, 0.1) is 12.2 Å². The van der Waals surface area contributed by atoms with Gasteiger partial charge in [-0.2, -0.15) is 0 Å². The molecule has 0 radical (unpaired) electrons. The summed E-state index contributed by atoms with van der Waals surface area (Å²) in [6.45, 7) is 1.55. The molecule has 22 heavy (non-hydrogen) atoms. The van der Waals surface area contributed by atoms with Crippen LogP contribution in [0, 0.1) is 0 Å². The van der Waals surface area contributed by atoms with Crippen molar-refractivity contribution in [2.24, 2.45) is 0 Å². The van der Waals surface area contributed by atoms with E-state index < -0.39 is 0 Å². The molecule has 0 N–H and O–H groups in total. The Morgan fingerprint density at radius 2 is 2.27 bits per heavy atom. The first-order chi connectivity index (χ1) is 10.7. The number of rotatable bonds is 3. The number of benzene rings is 1. The zero-order valence-electron chi connectivity index (χ0n) is 11.9. The minimum absolute atomic E-state index is 0.325. The second-order valence-corrected chi connectivity index (χ2v) is 6.95. The lowest BCUT2D eigenvalue weighted by molar-refractivity contribution is 0.200. The molecule has 4 rings (SSSR count). The van der Waals surface area contributed by atoms with Crippen LogP contribution < -0.4 is 5.76 Å². The SMILES string of the molecule is O=c1oc2cc(Cl)ccc2n1CN1CCC[C@H]1c1cccs1. The molecule has 1 aromatic carbocycles. The summed E-state index contributed by atoms with van der Waals surface area (Å²) in [6.07, 6.45) is 2.29. The average Bonchev–Trinajstić information content (AvgIpc) is 3.20. The van der Waals surface area contributed by atoms with Gasteiger partial charge in [0.15, 0.2) is 5.58 Å². The Kier molecular flexibility index (Phi) is 3.56. The van der Waals surface area contributed by atoms with Gasteiger partial charge in [-0.05, 0) is 36.4 Å². The highest BCUT2D eigenvalue weighted by atomic mass is 35.5. The Bertz CT molecular complexity index is 853. The van der Waals surface area contributed by atoms with Crippen molar-refractivity contribution in [3.8, 4) is 0 Å². The molecule has 3 heterocycles. The van der Waals surface area contributed by atoms with Crippen molar-refractivity contribution in [1.29, 1.82) is 0 Å². The largest absolute Gasteiger partial charge is 0.421 e. The molecule has 6 heteroatoms. The van der Waals surface area contributed by atoms with Crippen molar-refractivity contribution in [3.63, 3.8) is 0 Å². The van der Waals surface area contributed by atoms with Crippen LogP contribution in [0.2, 0.25) is 5.02 Å². The number of hydrogen-bond acceptors (Lipinski definition) is 4. The highest BCUT2D eigenvalue weighted by Crippen LogP contribution is 2.35. The van der Waals surface area contributed by atoms with Crippen molar-refractivity contribution in [3.05, 3.63) is 56.2 Å². The van der Waals surface area contributed by atoms with E-state index in [0.29, 0.717) is 23.3 Å². The minimum atomic E-state index is -0.325. The number of hydrogen-bond donors (Lipinski definition) is 0. The minimum Gasteiger partial charge on any atom is -0.408 e. The van der Waals surface area contributed by atoms with Gasteiger partial charge in [0.1, 0.15) is 0 Å². The molecule has 0 bridgehead atoms. The molecule has 0 amide bonds. The van der Waals surface area contributed by atoms with E-state index in [1.807, 2.05) is 6.07 Å². The molecule has 0 unspecified atom stereocenters. The van der Waals surface area contributed by atoms with Crippen molar-refractivity contribution in [2.75, 3.05) is 6.54 Å². The zero-order chi connectivity index (χ0) is 15.1. The number of thiophene rings is 1. The molecule has 3 aromatic rings. The fourth-order valence-corrected chi connectivity index (χ4v) is 4.21. The van der Waals surface area contributed by atoms with E-state index in [4.69, 9.17) is 16.0 Å². The van der Waals surface area contributed by atoms with Crippen LogP contribution in [-0.4, -0.2) is 16.0 Å². The second kappa shape index (κ2) is 5.57. The Hall–Kier alpha value is -1.56. The number of likely N-dealkylation sites (tertiary alicyclic amines) is 1. The summed E-state index contributed by atoms with van der Waals surface area (Å²) in [4.78, 5) is 15.9. The first-order valence-electron chi connectivity index (χ1n) is 7.29. The quantitative estimate of drug-likeness (QED) is 0.723. The molecule has 114 valence electrons. The Balaban J connectivity index is 1.68. The third kappa shape index (κ3) is 2.39. The summed E-state index contributed by atoms with van der Waals surface area (Å²) < 4.78 is 7.01. The first-order valence-corrected chi connectivity index (χ1v) is 8.54. The van der Waals surface area contributed by atoms with Gasteiger partial charge in [-0.1, -0.05) is 17.7 Å². The summed E-state index contributed by atoms with van der Waals surface area (Å²) in [6, 6.07) is 9.97. The summed E-state index contributed by atoms with van der Waals surface area (Å²) in [7, 11) is 0. The first kappa shape index (κ1) is 14.1. The third-order valence-electron chi connectivity index (χ3n) is 4.19. The maximum absolute atomic E-state index is 12.2. The predicted molar refractivity (Wildman–Crippen MR) is 88.5 cm³/mol. The van der Waals surface area contributed by atoms with Gasteiger partial charge in [-0.3, -0.25) is 9.47 Å². The van der Waals surface area contributed by atoms with Gasteiger partial charge in [0.2, 0.25) is 0 Å². The molecule has 1 aliphatic rings. The monoisotopic (exact) mass is 334 g/mol. The molecule has 1 saturated heterocycles. The second-order valence-electron chi connectivity index (χ2n) is 5.54. The molecule has 0 spiro atoms. The van der Waals surface area contributed by atoms with Gasteiger partial charge in [-0.15, -0.1) is 11.3 Å². The number of aromatic nitrogens is 1. The van der Waals surface area contributed by atoms with E-state index in [0.717, 1.165) is 24.9 Å². The Morgan fingerprint density at radius 3 is 3.09 bits per heavy atom. The van der Waals surface area contributed by atoms with Gasteiger partial charge < -0.3 is 4.42 Å². The van der Waals surface area contributed by atoms with Gasteiger partial charge >= 0.3 is 5.76 Å². The number of fused-ring (bicyclic) bond motifs is 1. The van der Waals surface area contributed by atoms with E-state index >= 15 is 0 Å². The van der Waals surface area contributed by atoms with E-state index in [1.165, 1.54) is 4.88 Å². The van der Waals surface area contributed by atoms with E-state index in [1.54, 1.807) is 28.0 Å². The van der Waals surface area contributed by atoms with Crippen molar-refractivity contribution in [1.82, 2.24) is 9.47 Å². The summed E-state index contributed by atoms with van der Waals surface area (Å²) in [5, 5.41) is 2.68. The molecule has 4 nitrogen and oxygen atoms in total. The fraction of sp³-hybridized carbons (Fsp3) is 0.312. The van der Waals surface area contributed by atoms with Gasteiger partial charge in [-0.25, -0.2) is 4.79 Å². The lowest BCUT2D eigenvalue weighted by Gasteiger charge is -2.23. The van der Waals surface area contributed by atoms with Crippen LogP contribution in [0.5, 0.6) is 0 Å². The summed E-state index contributed by atoms with van der Waals surface area (Å²) in [5.74, 6) is -0.325. The van der Waals surface area contributed by atoms with Crippen LogP contribution >= 0.6 is 22.9 Å². The fourth-order valence-electron chi connectivity index (χ4n) is 3.15. The molecule has 2 aromatic heterocycles. The maximum atomic E-state index is 12.2. The Morgan fingerprint density at radius 1 is 1.36 bits per heavy atom. The number of oxazole rings is 1. The molecular formula is C16H15ClN2O2S. The van der Waals surface area contributed by atoms with E-state index in [2.05, 4.69) is 22.4 Å². The standard InChI is InChI=1S/C16H15ClN2O2S/c17-11-5-6-12-14(9-11)21-16(20)19(12)10-18-7-1-3-13(18)15-4-2-8-22-15/h2,4-6,8-9,13H,1,3,7,10H2/t13-/m0/s1.